The molecule has 0 amide bonds. The summed E-state index contributed by atoms with van der Waals surface area (Å²) < 4.78 is 24.4. The van der Waals surface area contributed by atoms with Crippen molar-refractivity contribution in [2.45, 2.75) is 13.3 Å². The highest BCUT2D eigenvalue weighted by molar-refractivity contribution is 5.33. The van der Waals surface area contributed by atoms with Crippen molar-refractivity contribution >= 4 is 0 Å². The second-order valence-electron chi connectivity index (χ2n) is 2.72. The molecular formula is C9H10F2O. The largest absolute Gasteiger partial charge is 0.507 e. The fourth-order valence-electron chi connectivity index (χ4n) is 0.929. The molecule has 0 aliphatic heterocycles. The molecule has 0 heterocycles. The van der Waals surface area contributed by atoms with Crippen LogP contribution in [-0.2, 0) is 0 Å². The number of rotatable bonds is 1. The van der Waals surface area contributed by atoms with E-state index in [-0.39, 0.29) is 17.3 Å². The van der Waals surface area contributed by atoms with Crippen molar-refractivity contribution in [1.82, 2.24) is 0 Å². The normalized spacial score (nSPS) is 23.5. The van der Waals surface area contributed by atoms with Crippen LogP contribution in [0.1, 0.15) is 6.92 Å². The van der Waals surface area contributed by atoms with E-state index in [2.05, 4.69) is 0 Å². The van der Waals surface area contributed by atoms with Gasteiger partial charge in [0, 0.05) is 0 Å². The second-order valence-corrected chi connectivity index (χ2v) is 2.72. The minimum atomic E-state index is -2.61. The first-order chi connectivity index (χ1) is 5.61. The Labute approximate surface area is 69.7 Å². The van der Waals surface area contributed by atoms with Crippen molar-refractivity contribution in [3.63, 3.8) is 0 Å². The standard InChI is InChI=1S/C9H10F2O/c1-6-2-4-7(9(10)11)8(12)5-3-6/h2-6,9,12H,1H3. The summed E-state index contributed by atoms with van der Waals surface area (Å²) in [5.74, 6) is -0.256. The van der Waals surface area contributed by atoms with E-state index in [1.807, 2.05) is 6.92 Å². The van der Waals surface area contributed by atoms with Crippen molar-refractivity contribution in [3.05, 3.63) is 35.6 Å². The van der Waals surface area contributed by atoms with Gasteiger partial charge in [-0.25, -0.2) is 8.78 Å². The summed E-state index contributed by atoms with van der Waals surface area (Å²) in [6.07, 6.45) is 3.26. The summed E-state index contributed by atoms with van der Waals surface area (Å²) in [6.45, 7) is 1.86. The smallest absolute Gasteiger partial charge is 0.267 e. The number of aliphatic hydroxyl groups excluding tert-OH is 1. The van der Waals surface area contributed by atoms with E-state index in [9.17, 15) is 8.78 Å². The molecule has 1 rings (SSSR count). The molecule has 1 N–H and O–H groups in total. The fraction of sp³-hybridized carbons (Fsp3) is 0.333. The predicted molar refractivity (Wildman–Crippen MR) is 43.1 cm³/mol. The number of hydrogen-bond donors (Lipinski definition) is 1. The Hall–Kier alpha value is -1.12. The zero-order valence-corrected chi connectivity index (χ0v) is 6.67. The Morgan fingerprint density at radius 3 is 2.50 bits per heavy atom. The molecule has 0 aromatic carbocycles. The molecule has 1 unspecified atom stereocenters. The Morgan fingerprint density at radius 1 is 1.33 bits per heavy atom. The maximum Gasteiger partial charge on any atom is 0.267 e. The number of hydrogen-bond acceptors (Lipinski definition) is 1. The number of alkyl halides is 2. The minimum Gasteiger partial charge on any atom is -0.507 e. The van der Waals surface area contributed by atoms with Crippen LogP contribution in [0.5, 0.6) is 0 Å². The third kappa shape index (κ3) is 1.94. The minimum absolute atomic E-state index is 0.0865. The average molecular weight is 172 g/mol. The lowest BCUT2D eigenvalue weighted by Gasteiger charge is -1.99. The lowest BCUT2D eigenvalue weighted by Crippen LogP contribution is -1.97. The van der Waals surface area contributed by atoms with Gasteiger partial charge in [-0.2, -0.15) is 0 Å². The number of halogens is 2. The van der Waals surface area contributed by atoms with E-state index in [1.54, 1.807) is 12.2 Å². The molecule has 0 radical (unpaired) electrons. The van der Waals surface area contributed by atoms with Crippen LogP contribution in [0.25, 0.3) is 0 Å². The molecule has 66 valence electrons. The van der Waals surface area contributed by atoms with E-state index in [0.717, 1.165) is 0 Å². The molecule has 0 saturated carbocycles. The van der Waals surface area contributed by atoms with E-state index in [1.165, 1.54) is 12.2 Å². The average Bonchev–Trinajstić information content (AvgIpc) is 2.14. The van der Waals surface area contributed by atoms with Crippen molar-refractivity contribution in [1.29, 1.82) is 0 Å². The second kappa shape index (κ2) is 3.52. The summed E-state index contributed by atoms with van der Waals surface area (Å²) in [5.41, 5.74) is -0.310. The van der Waals surface area contributed by atoms with Gasteiger partial charge in [0.25, 0.3) is 6.43 Å². The molecule has 12 heavy (non-hydrogen) atoms. The first kappa shape index (κ1) is 8.97. The van der Waals surface area contributed by atoms with Gasteiger partial charge in [-0.05, 0) is 12.0 Å². The van der Waals surface area contributed by atoms with Crippen LogP contribution in [0.15, 0.2) is 35.6 Å². The van der Waals surface area contributed by atoms with E-state index in [0.29, 0.717) is 0 Å². The van der Waals surface area contributed by atoms with Gasteiger partial charge in [0.1, 0.15) is 5.76 Å². The highest BCUT2D eigenvalue weighted by atomic mass is 19.3. The Bertz CT molecular complexity index is 251. The van der Waals surface area contributed by atoms with Gasteiger partial charge in [-0.1, -0.05) is 25.2 Å². The van der Waals surface area contributed by atoms with E-state index in [4.69, 9.17) is 5.11 Å². The van der Waals surface area contributed by atoms with Crippen LogP contribution in [0.2, 0.25) is 0 Å². The monoisotopic (exact) mass is 172 g/mol. The molecule has 3 heteroatoms. The third-order valence-electron chi connectivity index (χ3n) is 1.67. The Morgan fingerprint density at radius 2 is 1.92 bits per heavy atom. The third-order valence-corrected chi connectivity index (χ3v) is 1.67. The first-order valence-corrected chi connectivity index (χ1v) is 3.69. The van der Waals surface area contributed by atoms with Crippen molar-refractivity contribution in [3.8, 4) is 0 Å². The van der Waals surface area contributed by atoms with Gasteiger partial charge < -0.3 is 5.11 Å². The highest BCUT2D eigenvalue weighted by Crippen LogP contribution is 2.19. The zero-order chi connectivity index (χ0) is 9.14. The Kier molecular flexibility index (Phi) is 2.63. The van der Waals surface area contributed by atoms with Crippen LogP contribution in [0.4, 0.5) is 8.78 Å². The fourth-order valence-corrected chi connectivity index (χ4v) is 0.929. The molecule has 1 aliphatic rings. The van der Waals surface area contributed by atoms with Crippen LogP contribution < -0.4 is 0 Å². The van der Waals surface area contributed by atoms with Gasteiger partial charge >= 0.3 is 0 Å². The lowest BCUT2D eigenvalue weighted by atomic mass is 10.1. The van der Waals surface area contributed by atoms with Gasteiger partial charge in [0.2, 0.25) is 0 Å². The molecule has 0 spiro atoms. The molecular weight excluding hydrogens is 162 g/mol. The summed E-state index contributed by atoms with van der Waals surface area (Å²) in [4.78, 5) is 0. The molecule has 1 aliphatic carbocycles. The number of aliphatic hydroxyl groups is 1. The van der Waals surface area contributed by atoms with Gasteiger partial charge in [0.15, 0.2) is 0 Å². The Balaban J connectivity index is 2.96. The SMILES string of the molecule is CC1C=CC(O)=C(C(F)F)C=C1. The number of allylic oxidation sites excluding steroid dienone is 5. The topological polar surface area (TPSA) is 20.2 Å². The summed E-state index contributed by atoms with van der Waals surface area (Å²) >= 11 is 0. The lowest BCUT2D eigenvalue weighted by molar-refractivity contribution is 0.187. The molecule has 1 nitrogen and oxygen atoms in total. The van der Waals surface area contributed by atoms with Gasteiger partial charge in [0.05, 0.1) is 5.57 Å². The van der Waals surface area contributed by atoms with Crippen LogP contribution >= 0.6 is 0 Å². The van der Waals surface area contributed by atoms with Crippen molar-refractivity contribution in [2.24, 2.45) is 5.92 Å². The molecule has 0 bridgehead atoms. The predicted octanol–water partition coefficient (Wildman–Crippen LogP) is 2.83. The molecule has 1 atom stereocenters. The van der Waals surface area contributed by atoms with Crippen molar-refractivity contribution in [2.75, 3.05) is 0 Å². The molecule has 0 saturated heterocycles. The molecule has 0 aromatic rings. The van der Waals surface area contributed by atoms with Crippen LogP contribution in [0.3, 0.4) is 0 Å². The van der Waals surface area contributed by atoms with Crippen molar-refractivity contribution < 1.29 is 13.9 Å². The maximum absolute atomic E-state index is 12.2. The zero-order valence-electron chi connectivity index (χ0n) is 6.67. The summed E-state index contributed by atoms with van der Waals surface area (Å²) in [5, 5.41) is 9.10. The van der Waals surface area contributed by atoms with E-state index < -0.39 is 6.43 Å². The summed E-state index contributed by atoms with van der Waals surface area (Å²) in [7, 11) is 0. The maximum atomic E-state index is 12.2. The van der Waals surface area contributed by atoms with Gasteiger partial charge in [-0.15, -0.1) is 0 Å². The quantitative estimate of drug-likeness (QED) is 0.644. The highest BCUT2D eigenvalue weighted by Gasteiger charge is 2.14. The molecule has 0 aromatic heterocycles. The van der Waals surface area contributed by atoms with E-state index >= 15 is 0 Å². The molecule has 0 fully saturated rings. The summed E-state index contributed by atoms with van der Waals surface area (Å²) in [6, 6.07) is 0. The van der Waals surface area contributed by atoms with Crippen LogP contribution in [0, 0.1) is 5.92 Å². The van der Waals surface area contributed by atoms with Gasteiger partial charge in [-0.3, -0.25) is 0 Å². The first-order valence-electron chi connectivity index (χ1n) is 3.69. The van der Waals surface area contributed by atoms with Crippen LogP contribution in [-0.4, -0.2) is 11.5 Å².